The van der Waals surface area contributed by atoms with Gasteiger partial charge in [0.15, 0.2) is 12.4 Å². The van der Waals surface area contributed by atoms with Crippen molar-refractivity contribution in [3.63, 3.8) is 0 Å². The largest absolute Gasteiger partial charge is 0.419 e. The van der Waals surface area contributed by atoms with Gasteiger partial charge in [-0.15, -0.1) is 22.7 Å². The zero-order chi connectivity index (χ0) is 15.3. The highest BCUT2D eigenvalue weighted by atomic mass is 79.9. The summed E-state index contributed by atoms with van der Waals surface area (Å²) >= 11 is 8.53. The summed E-state index contributed by atoms with van der Waals surface area (Å²) < 4.78 is 37.2. The van der Waals surface area contributed by atoms with E-state index in [0.29, 0.717) is 4.47 Å². The quantitative estimate of drug-likeness (QED) is 0.618. The Labute approximate surface area is 137 Å². The van der Waals surface area contributed by atoms with Crippen molar-refractivity contribution in [3.8, 4) is 0 Å². The van der Waals surface area contributed by atoms with Gasteiger partial charge >= 0.3 is 6.18 Å². The van der Waals surface area contributed by atoms with Crippen LogP contribution in [0.3, 0.4) is 0 Å². The van der Waals surface area contributed by atoms with E-state index in [0.717, 1.165) is 27.0 Å². The Kier molecular flexibility index (Phi) is 6.86. The van der Waals surface area contributed by atoms with Crippen LogP contribution in [0, 0.1) is 0 Å². The summed E-state index contributed by atoms with van der Waals surface area (Å²) in [4.78, 5) is 10.7. The first-order chi connectivity index (χ1) is 9.24. The molecule has 2 aromatic heterocycles. The molecule has 1 N–H and O–H groups in total. The minimum Gasteiger partial charge on any atom is -0.379 e. The molecule has 0 aliphatic carbocycles. The SMILES string of the molecule is O=Cc1cc(Br)cs1.OC(c1cc(Br)cs1)C(F)(F)F. The Bertz CT molecular complexity index is 566. The molecular formula is C11H7Br2F3O2S2. The van der Waals surface area contributed by atoms with Crippen molar-refractivity contribution in [2.75, 3.05) is 0 Å². The van der Waals surface area contributed by atoms with E-state index in [-0.39, 0.29) is 4.88 Å². The summed E-state index contributed by atoms with van der Waals surface area (Å²) in [5.74, 6) is 0. The minimum absolute atomic E-state index is 0.102. The molecule has 1 atom stereocenters. The van der Waals surface area contributed by atoms with Crippen LogP contribution in [0.2, 0.25) is 0 Å². The van der Waals surface area contributed by atoms with E-state index in [4.69, 9.17) is 5.11 Å². The smallest absolute Gasteiger partial charge is 0.379 e. The molecule has 2 heterocycles. The molecule has 0 saturated heterocycles. The van der Waals surface area contributed by atoms with E-state index in [1.807, 2.05) is 5.38 Å². The molecule has 110 valence electrons. The Morgan fingerprint density at radius 3 is 2.00 bits per heavy atom. The fourth-order valence-corrected chi connectivity index (χ4v) is 3.72. The van der Waals surface area contributed by atoms with Gasteiger partial charge in [0.2, 0.25) is 0 Å². The number of hydrogen-bond acceptors (Lipinski definition) is 4. The maximum absolute atomic E-state index is 11.9. The van der Waals surface area contributed by atoms with Gasteiger partial charge in [0.1, 0.15) is 0 Å². The second kappa shape index (κ2) is 7.69. The fourth-order valence-electron chi connectivity index (χ4n) is 1.02. The third-order valence-electron chi connectivity index (χ3n) is 1.87. The maximum atomic E-state index is 11.9. The van der Waals surface area contributed by atoms with E-state index in [2.05, 4.69) is 31.9 Å². The number of aliphatic hydroxyl groups excluding tert-OH is 1. The van der Waals surface area contributed by atoms with Crippen LogP contribution in [0.25, 0.3) is 0 Å². The van der Waals surface area contributed by atoms with Gasteiger partial charge in [0.05, 0.1) is 4.88 Å². The number of aldehydes is 1. The molecule has 0 spiro atoms. The van der Waals surface area contributed by atoms with Gasteiger partial charge in [-0.05, 0) is 44.0 Å². The molecular weight excluding hydrogens is 445 g/mol. The third-order valence-corrected chi connectivity index (χ3v) is 5.24. The number of aliphatic hydroxyl groups is 1. The van der Waals surface area contributed by atoms with Crippen molar-refractivity contribution < 1.29 is 23.1 Å². The van der Waals surface area contributed by atoms with E-state index in [1.54, 1.807) is 6.07 Å². The van der Waals surface area contributed by atoms with Gasteiger partial charge < -0.3 is 5.11 Å². The van der Waals surface area contributed by atoms with Crippen LogP contribution in [0.15, 0.2) is 31.8 Å². The van der Waals surface area contributed by atoms with Gasteiger partial charge in [-0.25, -0.2) is 0 Å². The normalized spacial score (nSPS) is 12.5. The molecule has 0 aliphatic heterocycles. The average Bonchev–Trinajstić information content (AvgIpc) is 2.96. The highest BCUT2D eigenvalue weighted by Gasteiger charge is 2.40. The third kappa shape index (κ3) is 5.65. The van der Waals surface area contributed by atoms with Crippen LogP contribution >= 0.6 is 54.5 Å². The van der Waals surface area contributed by atoms with E-state index < -0.39 is 12.3 Å². The van der Waals surface area contributed by atoms with Crippen LogP contribution in [0.1, 0.15) is 20.7 Å². The molecule has 0 amide bonds. The van der Waals surface area contributed by atoms with Gasteiger partial charge in [0, 0.05) is 24.6 Å². The minimum atomic E-state index is -4.58. The van der Waals surface area contributed by atoms with Crippen molar-refractivity contribution in [2.45, 2.75) is 12.3 Å². The molecule has 9 heteroatoms. The van der Waals surface area contributed by atoms with Crippen LogP contribution in [0.4, 0.5) is 13.2 Å². The molecule has 0 bridgehead atoms. The van der Waals surface area contributed by atoms with Gasteiger partial charge in [-0.1, -0.05) is 0 Å². The molecule has 0 radical (unpaired) electrons. The van der Waals surface area contributed by atoms with Crippen LogP contribution in [0.5, 0.6) is 0 Å². The Hall–Kier alpha value is -0.220. The Balaban J connectivity index is 0.000000217. The fraction of sp³-hybridized carbons (Fsp3) is 0.182. The maximum Gasteiger partial charge on any atom is 0.419 e. The first kappa shape index (κ1) is 17.8. The lowest BCUT2D eigenvalue weighted by Gasteiger charge is -2.11. The van der Waals surface area contributed by atoms with Gasteiger partial charge in [-0.2, -0.15) is 13.2 Å². The summed E-state index contributed by atoms with van der Waals surface area (Å²) in [6.45, 7) is 0. The van der Waals surface area contributed by atoms with Crippen LogP contribution in [-0.2, 0) is 0 Å². The summed E-state index contributed by atoms with van der Waals surface area (Å²) in [6.07, 6.45) is -6.10. The van der Waals surface area contributed by atoms with Crippen molar-refractivity contribution in [2.24, 2.45) is 0 Å². The molecule has 20 heavy (non-hydrogen) atoms. The van der Waals surface area contributed by atoms with Crippen molar-refractivity contribution >= 4 is 60.8 Å². The van der Waals surface area contributed by atoms with Crippen LogP contribution in [-0.4, -0.2) is 17.6 Å². The highest BCUT2D eigenvalue weighted by Crippen LogP contribution is 2.36. The standard InChI is InChI=1S/C6H4BrF3OS.C5H3BrOS/c7-3-1-4(12-2-3)5(11)6(8,9)10;6-4-1-5(2-7)8-3-4/h1-2,5,11H;1-3H. The topological polar surface area (TPSA) is 37.3 Å². The summed E-state index contributed by atoms with van der Waals surface area (Å²) in [7, 11) is 0. The Morgan fingerprint density at radius 1 is 1.15 bits per heavy atom. The zero-order valence-corrected chi connectivity index (χ0v) is 14.3. The Morgan fingerprint density at radius 2 is 1.70 bits per heavy atom. The molecule has 0 aliphatic rings. The molecule has 0 saturated carbocycles. The molecule has 2 rings (SSSR count). The van der Waals surface area contributed by atoms with Crippen molar-refractivity contribution in [1.29, 1.82) is 0 Å². The lowest BCUT2D eigenvalue weighted by atomic mass is 10.3. The van der Waals surface area contributed by atoms with E-state index >= 15 is 0 Å². The molecule has 0 aromatic carbocycles. The number of alkyl halides is 3. The zero-order valence-electron chi connectivity index (χ0n) is 9.53. The molecule has 2 aromatic rings. The lowest BCUT2D eigenvalue weighted by molar-refractivity contribution is -0.205. The number of thiophene rings is 2. The highest BCUT2D eigenvalue weighted by molar-refractivity contribution is 9.10. The number of rotatable bonds is 2. The first-order valence-electron chi connectivity index (χ1n) is 4.92. The predicted molar refractivity (Wildman–Crippen MR) is 80.4 cm³/mol. The summed E-state index contributed by atoms with van der Waals surface area (Å²) in [5, 5.41) is 12.1. The molecule has 1 unspecified atom stereocenters. The average molecular weight is 452 g/mol. The second-order valence-electron chi connectivity index (χ2n) is 3.40. The number of hydrogen-bond donors (Lipinski definition) is 1. The monoisotopic (exact) mass is 450 g/mol. The summed E-state index contributed by atoms with van der Waals surface area (Å²) in [5.41, 5.74) is 0. The first-order valence-corrected chi connectivity index (χ1v) is 8.26. The van der Waals surface area contributed by atoms with E-state index in [1.165, 1.54) is 22.8 Å². The van der Waals surface area contributed by atoms with Crippen molar-refractivity contribution in [3.05, 3.63) is 41.6 Å². The molecule has 0 fully saturated rings. The summed E-state index contributed by atoms with van der Waals surface area (Å²) in [6, 6.07) is 3.04. The second-order valence-corrected chi connectivity index (χ2v) is 7.11. The van der Waals surface area contributed by atoms with Gasteiger partial charge in [0.25, 0.3) is 0 Å². The number of carbonyl (C=O) groups is 1. The van der Waals surface area contributed by atoms with Crippen LogP contribution < -0.4 is 0 Å². The lowest BCUT2D eigenvalue weighted by Crippen LogP contribution is -2.18. The van der Waals surface area contributed by atoms with Crippen molar-refractivity contribution in [1.82, 2.24) is 0 Å². The van der Waals surface area contributed by atoms with E-state index in [9.17, 15) is 18.0 Å². The molecule has 2 nitrogen and oxygen atoms in total. The number of carbonyl (C=O) groups excluding carboxylic acids is 1. The number of halogens is 5. The van der Waals surface area contributed by atoms with Gasteiger partial charge in [-0.3, -0.25) is 4.79 Å². The predicted octanol–water partition coefficient (Wildman–Crippen LogP) is 5.43.